The van der Waals surface area contributed by atoms with Crippen LogP contribution in [0.2, 0.25) is 0 Å². The van der Waals surface area contributed by atoms with Crippen LogP contribution in [0.15, 0.2) is 54.6 Å². The van der Waals surface area contributed by atoms with Crippen LogP contribution in [0.4, 0.5) is 0 Å². The van der Waals surface area contributed by atoms with Crippen molar-refractivity contribution in [3.8, 4) is 11.4 Å². The van der Waals surface area contributed by atoms with Gasteiger partial charge >= 0.3 is 0 Å². The number of halogens is 6. The summed E-state index contributed by atoms with van der Waals surface area (Å²) in [5.41, 5.74) is 2.75. The molecule has 0 spiro atoms. The molecule has 0 N–H and O–H groups in total. The Morgan fingerprint density at radius 1 is 0.571 bits per heavy atom. The second-order valence-corrected chi connectivity index (χ2v) is 10.2. The number of aromatic nitrogens is 3. The molecule has 3 aromatic rings. The van der Waals surface area contributed by atoms with Crippen molar-refractivity contribution in [1.82, 2.24) is 15.0 Å². The summed E-state index contributed by atoms with van der Waals surface area (Å²) in [5.74, 6) is -0.0232. The second-order valence-electron chi connectivity index (χ2n) is 5.67. The summed E-state index contributed by atoms with van der Waals surface area (Å²) < 4.78 is -3.78. The molecule has 3 nitrogen and oxygen atoms in total. The first-order chi connectivity index (χ1) is 13.1. The highest BCUT2D eigenvalue weighted by Crippen LogP contribution is 2.40. The fourth-order valence-corrected chi connectivity index (χ4v) is 2.77. The minimum atomic E-state index is -1.89. The number of hydrogen-bond acceptors (Lipinski definition) is 3. The summed E-state index contributed by atoms with van der Waals surface area (Å²) >= 11 is 35.4. The minimum Gasteiger partial charge on any atom is -0.209 e. The van der Waals surface area contributed by atoms with Gasteiger partial charge in [-0.15, -0.1) is 0 Å². The average molecular weight is 494 g/mol. The van der Waals surface area contributed by atoms with E-state index in [1.165, 1.54) is 0 Å². The first-order valence-corrected chi connectivity index (χ1v) is 10.1. The maximum absolute atomic E-state index is 5.90. The molecular formula is C19H11Cl6N3. The van der Waals surface area contributed by atoms with Crippen LogP contribution >= 0.6 is 69.6 Å². The molecule has 9 heteroatoms. The molecule has 1 aromatic heterocycles. The highest BCUT2D eigenvalue weighted by Gasteiger charge is 2.33. The summed E-state index contributed by atoms with van der Waals surface area (Å²) in [6, 6.07) is 17.4. The van der Waals surface area contributed by atoms with Crippen LogP contribution in [0.25, 0.3) is 23.5 Å². The van der Waals surface area contributed by atoms with Gasteiger partial charge in [-0.3, -0.25) is 0 Å². The van der Waals surface area contributed by atoms with E-state index in [-0.39, 0.29) is 17.5 Å². The normalized spacial score (nSPS) is 12.5. The Labute approximate surface area is 192 Å². The van der Waals surface area contributed by atoms with E-state index < -0.39 is 7.59 Å². The lowest BCUT2D eigenvalue weighted by molar-refractivity contribution is 0.851. The van der Waals surface area contributed by atoms with Crippen molar-refractivity contribution in [3.05, 3.63) is 77.4 Å². The summed E-state index contributed by atoms with van der Waals surface area (Å²) in [4.78, 5) is 12.4. The number of nitrogens with zero attached hydrogens (tertiary/aromatic N) is 3. The summed E-state index contributed by atoms with van der Waals surface area (Å²) in [5, 5.41) is 0. The van der Waals surface area contributed by atoms with Crippen molar-refractivity contribution in [2.24, 2.45) is 0 Å². The summed E-state index contributed by atoms with van der Waals surface area (Å²) in [6.07, 6.45) is 4.01. The first kappa shape index (κ1) is 21.6. The third-order valence-electron chi connectivity index (χ3n) is 3.58. The molecule has 144 valence electrons. The fraction of sp³-hybridized carbons (Fsp3) is 0.105. The van der Waals surface area contributed by atoms with Crippen LogP contribution in [-0.2, 0) is 7.59 Å². The van der Waals surface area contributed by atoms with Crippen LogP contribution < -0.4 is 0 Å². The molecule has 0 saturated carbocycles. The molecule has 1 heterocycles. The summed E-state index contributed by atoms with van der Waals surface area (Å²) in [6.45, 7) is 0. The zero-order valence-electron chi connectivity index (χ0n) is 14.0. The molecule has 0 aliphatic carbocycles. The van der Waals surface area contributed by atoms with E-state index in [0.29, 0.717) is 5.56 Å². The average Bonchev–Trinajstić information content (AvgIpc) is 2.66. The van der Waals surface area contributed by atoms with E-state index in [4.69, 9.17) is 69.6 Å². The van der Waals surface area contributed by atoms with Gasteiger partial charge in [0.25, 0.3) is 0 Å². The van der Waals surface area contributed by atoms with Crippen molar-refractivity contribution < 1.29 is 0 Å². The SMILES string of the molecule is ClC(Cl)(Cl)c1nc(-c2ccc(/C=C/c3ccccc3)cc2)nc(C(Cl)(Cl)Cl)n1. The van der Waals surface area contributed by atoms with E-state index >= 15 is 0 Å². The smallest absolute Gasteiger partial charge is 0.209 e. The molecule has 0 aliphatic rings. The van der Waals surface area contributed by atoms with Gasteiger partial charge in [-0.25, -0.2) is 15.0 Å². The molecule has 0 amide bonds. The number of hydrogen-bond donors (Lipinski definition) is 0. The van der Waals surface area contributed by atoms with Crippen LogP contribution in [0.3, 0.4) is 0 Å². The molecule has 3 rings (SSSR count). The maximum atomic E-state index is 5.90. The fourth-order valence-electron chi connectivity index (χ4n) is 2.26. The standard InChI is InChI=1S/C19H11Cl6N3/c20-18(21,22)16-26-15(27-17(28-16)19(23,24)25)14-10-8-13(9-11-14)7-6-12-4-2-1-3-5-12/h1-11H/b7-6+. The minimum absolute atomic E-state index is 0.128. The predicted octanol–water partition coefficient (Wildman–Crippen LogP) is 7.36. The Balaban J connectivity index is 1.94. The Morgan fingerprint density at radius 3 is 1.50 bits per heavy atom. The Hall–Kier alpha value is -1.07. The number of alkyl halides is 6. The van der Waals surface area contributed by atoms with E-state index in [1.807, 2.05) is 66.7 Å². The van der Waals surface area contributed by atoms with Gasteiger partial charge in [-0.2, -0.15) is 0 Å². The van der Waals surface area contributed by atoms with Crippen molar-refractivity contribution in [2.75, 3.05) is 0 Å². The lowest BCUT2D eigenvalue weighted by Gasteiger charge is -2.15. The van der Waals surface area contributed by atoms with Crippen LogP contribution in [0, 0.1) is 0 Å². The first-order valence-electron chi connectivity index (χ1n) is 7.87. The molecule has 0 aliphatic heterocycles. The van der Waals surface area contributed by atoms with E-state index in [0.717, 1.165) is 11.1 Å². The molecule has 0 bridgehead atoms. The lowest BCUT2D eigenvalue weighted by Crippen LogP contribution is -2.16. The van der Waals surface area contributed by atoms with E-state index in [9.17, 15) is 0 Å². The molecule has 0 saturated heterocycles. The molecule has 0 atom stereocenters. The Bertz CT molecular complexity index is 945. The second kappa shape index (κ2) is 8.74. The van der Waals surface area contributed by atoms with Gasteiger partial charge in [0.2, 0.25) is 7.59 Å². The molecule has 0 fully saturated rings. The summed E-state index contributed by atoms with van der Waals surface area (Å²) in [7, 11) is 0. The van der Waals surface area contributed by atoms with Gasteiger partial charge < -0.3 is 0 Å². The maximum Gasteiger partial charge on any atom is 0.250 e. The number of benzene rings is 2. The zero-order valence-corrected chi connectivity index (χ0v) is 18.5. The van der Waals surface area contributed by atoms with Gasteiger partial charge in [-0.05, 0) is 11.1 Å². The monoisotopic (exact) mass is 491 g/mol. The highest BCUT2D eigenvalue weighted by molar-refractivity contribution is 6.67. The number of rotatable bonds is 3. The Kier molecular flexibility index (Phi) is 6.76. The van der Waals surface area contributed by atoms with Gasteiger partial charge in [-0.1, -0.05) is 136 Å². The largest absolute Gasteiger partial charge is 0.250 e. The quantitative estimate of drug-likeness (QED) is 0.282. The Morgan fingerprint density at radius 2 is 1.04 bits per heavy atom. The van der Waals surface area contributed by atoms with Crippen molar-refractivity contribution in [3.63, 3.8) is 0 Å². The van der Waals surface area contributed by atoms with Crippen molar-refractivity contribution >= 4 is 81.8 Å². The zero-order chi connectivity index (χ0) is 20.4. The molecular weight excluding hydrogens is 483 g/mol. The third kappa shape index (κ3) is 5.73. The van der Waals surface area contributed by atoms with Gasteiger partial charge in [0, 0.05) is 5.56 Å². The van der Waals surface area contributed by atoms with Crippen LogP contribution in [0.1, 0.15) is 22.8 Å². The van der Waals surface area contributed by atoms with Crippen molar-refractivity contribution in [2.45, 2.75) is 7.59 Å². The topological polar surface area (TPSA) is 38.7 Å². The van der Waals surface area contributed by atoms with E-state index in [2.05, 4.69) is 15.0 Å². The lowest BCUT2D eigenvalue weighted by atomic mass is 10.1. The van der Waals surface area contributed by atoms with Gasteiger partial charge in [0.1, 0.15) is 0 Å². The third-order valence-corrected chi connectivity index (χ3v) is 4.59. The molecule has 0 radical (unpaired) electrons. The predicted molar refractivity (Wildman–Crippen MR) is 119 cm³/mol. The van der Waals surface area contributed by atoms with Crippen LogP contribution in [-0.4, -0.2) is 15.0 Å². The van der Waals surface area contributed by atoms with E-state index in [1.54, 1.807) is 0 Å². The van der Waals surface area contributed by atoms with Gasteiger partial charge in [0.15, 0.2) is 17.5 Å². The van der Waals surface area contributed by atoms with Crippen LogP contribution in [0.5, 0.6) is 0 Å². The highest BCUT2D eigenvalue weighted by atomic mass is 35.6. The van der Waals surface area contributed by atoms with Gasteiger partial charge in [0.05, 0.1) is 0 Å². The molecule has 2 aromatic carbocycles. The van der Waals surface area contributed by atoms with Crippen molar-refractivity contribution in [1.29, 1.82) is 0 Å². The molecule has 28 heavy (non-hydrogen) atoms. The molecule has 0 unspecified atom stereocenters.